The van der Waals surface area contributed by atoms with E-state index >= 15 is 0 Å². The van der Waals surface area contributed by atoms with Crippen LogP contribution in [0.25, 0.3) is 6.08 Å². The number of hydrogen-bond donors (Lipinski definition) is 1. The van der Waals surface area contributed by atoms with Crippen LogP contribution in [0.2, 0.25) is 0 Å². The molecule has 1 aliphatic rings. The van der Waals surface area contributed by atoms with Gasteiger partial charge in [-0.25, -0.2) is 0 Å². The van der Waals surface area contributed by atoms with E-state index in [-0.39, 0.29) is 0 Å². The number of quaternary nitrogens is 1. The molecule has 114 valence electrons. The molecule has 1 N–H and O–H groups in total. The van der Waals surface area contributed by atoms with Crippen molar-refractivity contribution in [1.82, 2.24) is 9.80 Å². The van der Waals surface area contributed by atoms with E-state index in [0.717, 1.165) is 24.0 Å². The zero-order valence-corrected chi connectivity index (χ0v) is 13.2. The average Bonchev–Trinajstić information content (AvgIpc) is 2.62. The lowest BCUT2D eigenvalue weighted by Gasteiger charge is -2.41. The zero-order chi connectivity index (χ0) is 15.3. The van der Waals surface area contributed by atoms with E-state index in [1.807, 2.05) is 6.08 Å². The number of nitrogens with one attached hydrogen (secondary N) is 1. The Kier molecular flexibility index (Phi) is 4.71. The Morgan fingerprint density at radius 3 is 2.27 bits per heavy atom. The summed E-state index contributed by atoms with van der Waals surface area (Å²) in [6, 6.07) is 19.8. The van der Waals surface area contributed by atoms with Gasteiger partial charge in [0.15, 0.2) is 0 Å². The van der Waals surface area contributed by atoms with Crippen LogP contribution in [-0.2, 0) is 6.42 Å². The van der Waals surface area contributed by atoms with Gasteiger partial charge >= 0.3 is 0 Å². The standard InChI is InChI=1S/C20H25N2/c1-2-18-8-10-19(11-9-18)12-15-22(16-13-21-14-17-22)20-6-4-3-5-7-20/h2-11,21H,1,12-17H2/q+1. The van der Waals surface area contributed by atoms with Gasteiger partial charge in [0.1, 0.15) is 5.69 Å². The molecule has 0 saturated carbocycles. The summed E-state index contributed by atoms with van der Waals surface area (Å²) in [5.74, 6) is 0. The van der Waals surface area contributed by atoms with E-state index in [0.29, 0.717) is 0 Å². The van der Waals surface area contributed by atoms with Crippen molar-refractivity contribution in [3.8, 4) is 0 Å². The second-order valence-electron chi connectivity index (χ2n) is 6.10. The molecule has 2 aromatic carbocycles. The van der Waals surface area contributed by atoms with Crippen molar-refractivity contribution in [3.05, 3.63) is 72.3 Å². The van der Waals surface area contributed by atoms with Gasteiger partial charge in [-0.2, -0.15) is 0 Å². The lowest BCUT2D eigenvalue weighted by atomic mass is 10.1. The Balaban J connectivity index is 1.77. The second kappa shape index (κ2) is 6.91. The van der Waals surface area contributed by atoms with Crippen molar-refractivity contribution in [3.63, 3.8) is 0 Å². The maximum Gasteiger partial charge on any atom is 0.132 e. The topological polar surface area (TPSA) is 12.0 Å². The Morgan fingerprint density at radius 2 is 1.64 bits per heavy atom. The van der Waals surface area contributed by atoms with Gasteiger partial charge in [0.2, 0.25) is 0 Å². The van der Waals surface area contributed by atoms with Crippen molar-refractivity contribution >= 4 is 11.8 Å². The summed E-state index contributed by atoms with van der Waals surface area (Å²) in [7, 11) is 0. The molecule has 1 heterocycles. The number of piperazine rings is 1. The van der Waals surface area contributed by atoms with Gasteiger partial charge in [0.25, 0.3) is 0 Å². The van der Waals surface area contributed by atoms with Crippen LogP contribution in [0.1, 0.15) is 11.1 Å². The number of nitrogens with zero attached hydrogens (tertiary/aromatic N) is 1. The van der Waals surface area contributed by atoms with Gasteiger partial charge in [-0.3, -0.25) is 4.48 Å². The highest BCUT2D eigenvalue weighted by Crippen LogP contribution is 2.24. The molecule has 0 radical (unpaired) electrons. The Labute approximate surface area is 133 Å². The van der Waals surface area contributed by atoms with Crippen molar-refractivity contribution in [1.29, 1.82) is 0 Å². The largest absolute Gasteiger partial charge is 0.306 e. The minimum Gasteiger partial charge on any atom is -0.306 e. The Hall–Kier alpha value is -1.90. The molecule has 22 heavy (non-hydrogen) atoms. The summed E-state index contributed by atoms with van der Waals surface area (Å²) in [6.07, 6.45) is 3.02. The molecular formula is C20H25N2+. The lowest BCUT2D eigenvalue weighted by molar-refractivity contribution is 0.243. The predicted octanol–water partition coefficient (Wildman–Crippen LogP) is 3.48. The van der Waals surface area contributed by atoms with Gasteiger partial charge in [0.05, 0.1) is 19.6 Å². The fourth-order valence-corrected chi connectivity index (χ4v) is 3.34. The summed E-state index contributed by atoms with van der Waals surface area (Å²) in [4.78, 5) is 0. The predicted molar refractivity (Wildman–Crippen MR) is 95.9 cm³/mol. The minimum atomic E-state index is 1.09. The lowest BCUT2D eigenvalue weighted by Crippen LogP contribution is -2.60. The maximum absolute atomic E-state index is 3.82. The molecule has 2 aromatic rings. The highest BCUT2D eigenvalue weighted by atomic mass is 15.4. The molecule has 0 amide bonds. The van der Waals surface area contributed by atoms with Crippen LogP contribution >= 0.6 is 0 Å². The summed E-state index contributed by atoms with van der Waals surface area (Å²) >= 11 is 0. The molecule has 1 aliphatic heterocycles. The molecular weight excluding hydrogens is 268 g/mol. The monoisotopic (exact) mass is 293 g/mol. The van der Waals surface area contributed by atoms with E-state index in [9.17, 15) is 0 Å². The van der Waals surface area contributed by atoms with Crippen LogP contribution in [0, 0.1) is 0 Å². The molecule has 2 nitrogen and oxygen atoms in total. The van der Waals surface area contributed by atoms with Crippen LogP contribution < -0.4 is 9.80 Å². The van der Waals surface area contributed by atoms with E-state index in [2.05, 4.69) is 66.5 Å². The van der Waals surface area contributed by atoms with Crippen LogP contribution in [-0.4, -0.2) is 32.7 Å². The Morgan fingerprint density at radius 1 is 0.955 bits per heavy atom. The molecule has 0 spiro atoms. The molecule has 0 bridgehead atoms. The number of benzene rings is 2. The first-order valence-corrected chi connectivity index (χ1v) is 8.16. The van der Waals surface area contributed by atoms with Crippen molar-refractivity contribution in [2.75, 3.05) is 32.7 Å². The van der Waals surface area contributed by atoms with Crippen molar-refractivity contribution in [2.45, 2.75) is 6.42 Å². The van der Waals surface area contributed by atoms with Gasteiger partial charge in [0, 0.05) is 19.5 Å². The van der Waals surface area contributed by atoms with E-state index in [4.69, 9.17) is 0 Å². The van der Waals surface area contributed by atoms with Crippen molar-refractivity contribution < 1.29 is 0 Å². The second-order valence-corrected chi connectivity index (χ2v) is 6.10. The smallest absolute Gasteiger partial charge is 0.132 e. The molecule has 1 fully saturated rings. The van der Waals surface area contributed by atoms with Gasteiger partial charge in [-0.15, -0.1) is 0 Å². The average molecular weight is 293 g/mol. The summed E-state index contributed by atoms with van der Waals surface area (Å²) < 4.78 is 1.09. The van der Waals surface area contributed by atoms with Gasteiger partial charge < -0.3 is 5.32 Å². The summed E-state index contributed by atoms with van der Waals surface area (Å²) in [6.45, 7) is 9.54. The normalized spacial score (nSPS) is 17.1. The quantitative estimate of drug-likeness (QED) is 0.832. The minimum absolute atomic E-state index is 1.09. The van der Waals surface area contributed by atoms with E-state index in [1.165, 1.54) is 36.4 Å². The highest BCUT2D eigenvalue weighted by molar-refractivity contribution is 5.47. The molecule has 0 aliphatic carbocycles. The fraction of sp³-hybridized carbons (Fsp3) is 0.300. The number of para-hydroxylation sites is 1. The molecule has 0 aromatic heterocycles. The molecule has 0 unspecified atom stereocenters. The van der Waals surface area contributed by atoms with Crippen molar-refractivity contribution in [2.24, 2.45) is 0 Å². The number of rotatable bonds is 5. The van der Waals surface area contributed by atoms with E-state index < -0.39 is 0 Å². The molecule has 0 atom stereocenters. The molecule has 3 rings (SSSR count). The third-order valence-electron chi connectivity index (χ3n) is 4.78. The number of hydrogen-bond acceptors (Lipinski definition) is 1. The highest BCUT2D eigenvalue weighted by Gasteiger charge is 2.31. The first-order valence-electron chi connectivity index (χ1n) is 8.16. The first-order chi connectivity index (χ1) is 10.8. The van der Waals surface area contributed by atoms with Crippen LogP contribution in [0.15, 0.2) is 61.2 Å². The maximum atomic E-state index is 3.82. The van der Waals surface area contributed by atoms with Crippen LogP contribution in [0.3, 0.4) is 0 Å². The molecule has 1 saturated heterocycles. The third-order valence-corrected chi connectivity index (χ3v) is 4.78. The Bertz CT molecular complexity index is 595. The van der Waals surface area contributed by atoms with Crippen LogP contribution in [0.5, 0.6) is 0 Å². The van der Waals surface area contributed by atoms with Crippen LogP contribution in [0.4, 0.5) is 5.69 Å². The van der Waals surface area contributed by atoms with E-state index in [1.54, 1.807) is 0 Å². The summed E-state index contributed by atoms with van der Waals surface area (Å²) in [5.41, 5.74) is 4.06. The SMILES string of the molecule is C=Cc1ccc(CC[N+]2(c3ccccc3)CCNCC2)cc1. The fourth-order valence-electron chi connectivity index (χ4n) is 3.34. The first kappa shape index (κ1) is 15.0. The van der Waals surface area contributed by atoms with Gasteiger partial charge in [-0.1, -0.05) is 55.1 Å². The summed E-state index contributed by atoms with van der Waals surface area (Å²) in [5, 5.41) is 3.50. The zero-order valence-electron chi connectivity index (χ0n) is 13.2. The molecule has 2 heteroatoms. The third kappa shape index (κ3) is 3.29. The van der Waals surface area contributed by atoms with Gasteiger partial charge in [-0.05, 0) is 23.3 Å².